The summed E-state index contributed by atoms with van der Waals surface area (Å²) in [5, 5.41) is 8.50. The molecule has 0 saturated carbocycles. The third kappa shape index (κ3) is 4.42. The van der Waals surface area contributed by atoms with Crippen molar-refractivity contribution in [1.82, 2.24) is 4.31 Å². The van der Waals surface area contributed by atoms with Gasteiger partial charge in [0.05, 0.1) is 11.8 Å². The highest BCUT2D eigenvalue weighted by Crippen LogP contribution is 2.25. The van der Waals surface area contributed by atoms with Gasteiger partial charge in [0.25, 0.3) is 6.43 Å². The van der Waals surface area contributed by atoms with Crippen molar-refractivity contribution in [3.8, 4) is 6.07 Å². The van der Waals surface area contributed by atoms with Crippen molar-refractivity contribution in [2.75, 3.05) is 13.6 Å². The number of nitriles is 1. The topological polar surface area (TPSA) is 61.2 Å². The molecule has 0 aromatic heterocycles. The molecule has 1 aromatic carbocycles. The van der Waals surface area contributed by atoms with E-state index in [1.54, 1.807) is 6.07 Å². The van der Waals surface area contributed by atoms with Crippen LogP contribution in [0.3, 0.4) is 0 Å². The average Bonchev–Trinajstić information content (AvgIpc) is 2.27. The number of halogens is 3. The standard InChI is InChI=1S/C11H11ClF2N2O2S/c1-16(3-2-15)19(17,18)7-8-4-9(11(13)14)6-10(12)5-8/h4-6,11H,3,7H2,1H3. The maximum absolute atomic E-state index is 12.6. The monoisotopic (exact) mass is 308 g/mol. The Morgan fingerprint density at radius 3 is 2.58 bits per heavy atom. The van der Waals surface area contributed by atoms with Crippen molar-refractivity contribution in [3.63, 3.8) is 0 Å². The Morgan fingerprint density at radius 2 is 2.05 bits per heavy atom. The van der Waals surface area contributed by atoms with E-state index in [-0.39, 0.29) is 22.7 Å². The highest BCUT2D eigenvalue weighted by Gasteiger charge is 2.19. The van der Waals surface area contributed by atoms with E-state index in [4.69, 9.17) is 16.9 Å². The Morgan fingerprint density at radius 1 is 1.42 bits per heavy atom. The number of benzene rings is 1. The fraction of sp³-hybridized carbons (Fsp3) is 0.364. The second-order valence-electron chi connectivity index (χ2n) is 3.86. The average molecular weight is 309 g/mol. The van der Waals surface area contributed by atoms with E-state index < -0.39 is 22.2 Å². The maximum Gasteiger partial charge on any atom is 0.263 e. The summed E-state index contributed by atoms with van der Waals surface area (Å²) in [6.07, 6.45) is -2.73. The van der Waals surface area contributed by atoms with Gasteiger partial charge in [0.2, 0.25) is 10.0 Å². The Kier molecular flexibility index (Phi) is 5.23. The summed E-state index contributed by atoms with van der Waals surface area (Å²) < 4.78 is 49.7. The van der Waals surface area contributed by atoms with Gasteiger partial charge in [-0.1, -0.05) is 11.6 Å². The van der Waals surface area contributed by atoms with Crippen LogP contribution in [0.4, 0.5) is 8.78 Å². The van der Waals surface area contributed by atoms with Crippen LogP contribution in [0.2, 0.25) is 5.02 Å². The minimum absolute atomic E-state index is 0.0472. The number of hydrogen-bond donors (Lipinski definition) is 0. The molecule has 4 nitrogen and oxygen atoms in total. The number of alkyl halides is 2. The predicted octanol–water partition coefficient (Wildman–Crippen LogP) is 2.56. The first-order valence-electron chi connectivity index (χ1n) is 5.14. The van der Waals surface area contributed by atoms with Crippen LogP contribution in [0.1, 0.15) is 17.6 Å². The lowest BCUT2D eigenvalue weighted by molar-refractivity contribution is 0.151. The Labute approximate surface area is 115 Å². The van der Waals surface area contributed by atoms with Gasteiger partial charge in [-0.2, -0.15) is 9.57 Å². The van der Waals surface area contributed by atoms with Gasteiger partial charge in [0, 0.05) is 17.6 Å². The van der Waals surface area contributed by atoms with Crippen molar-refractivity contribution in [2.45, 2.75) is 12.2 Å². The zero-order valence-corrected chi connectivity index (χ0v) is 11.5. The normalized spacial score (nSPS) is 11.8. The lowest BCUT2D eigenvalue weighted by Crippen LogP contribution is -2.28. The molecule has 104 valence electrons. The van der Waals surface area contributed by atoms with Gasteiger partial charge in [-0.05, 0) is 23.8 Å². The molecule has 8 heteroatoms. The molecular formula is C11H11ClF2N2O2S. The largest absolute Gasteiger partial charge is 0.263 e. The molecule has 0 aliphatic rings. The summed E-state index contributed by atoms with van der Waals surface area (Å²) in [6, 6.07) is 5.19. The van der Waals surface area contributed by atoms with Crippen LogP contribution in [0.5, 0.6) is 0 Å². The highest BCUT2D eigenvalue weighted by atomic mass is 35.5. The van der Waals surface area contributed by atoms with Gasteiger partial charge in [-0.15, -0.1) is 0 Å². The summed E-state index contributed by atoms with van der Waals surface area (Å²) in [5.41, 5.74) is -0.173. The van der Waals surface area contributed by atoms with Gasteiger partial charge in [-0.25, -0.2) is 17.2 Å². The Hall–Kier alpha value is -1.23. The SMILES string of the molecule is CN(CC#N)S(=O)(=O)Cc1cc(Cl)cc(C(F)F)c1. The molecule has 0 bridgehead atoms. The fourth-order valence-electron chi connectivity index (χ4n) is 1.40. The van der Waals surface area contributed by atoms with Gasteiger partial charge in [0.15, 0.2) is 0 Å². The van der Waals surface area contributed by atoms with E-state index in [0.717, 1.165) is 16.4 Å². The molecule has 0 saturated heterocycles. The second kappa shape index (κ2) is 6.28. The summed E-state index contributed by atoms with van der Waals surface area (Å²) in [5.74, 6) is -0.481. The van der Waals surface area contributed by atoms with E-state index in [1.165, 1.54) is 13.1 Å². The van der Waals surface area contributed by atoms with Crippen LogP contribution in [0.25, 0.3) is 0 Å². The first-order valence-corrected chi connectivity index (χ1v) is 7.13. The third-order valence-electron chi connectivity index (χ3n) is 2.35. The molecule has 1 rings (SSSR count). The van der Waals surface area contributed by atoms with Crippen molar-refractivity contribution >= 4 is 21.6 Å². The van der Waals surface area contributed by atoms with E-state index in [0.29, 0.717) is 0 Å². The lowest BCUT2D eigenvalue weighted by Gasteiger charge is -2.14. The van der Waals surface area contributed by atoms with Crippen LogP contribution in [0.15, 0.2) is 18.2 Å². The van der Waals surface area contributed by atoms with Gasteiger partial charge in [-0.3, -0.25) is 0 Å². The zero-order valence-electron chi connectivity index (χ0n) is 9.98. The molecule has 0 amide bonds. The third-order valence-corrected chi connectivity index (χ3v) is 4.34. The van der Waals surface area contributed by atoms with E-state index in [9.17, 15) is 17.2 Å². The van der Waals surface area contributed by atoms with Crippen LogP contribution in [0, 0.1) is 11.3 Å². The van der Waals surface area contributed by atoms with Crippen LogP contribution < -0.4 is 0 Å². The predicted molar refractivity (Wildman–Crippen MR) is 67.3 cm³/mol. The maximum atomic E-state index is 12.6. The fourth-order valence-corrected chi connectivity index (χ4v) is 2.73. The molecule has 1 aromatic rings. The summed E-state index contributed by atoms with van der Waals surface area (Å²) in [7, 11) is -2.48. The summed E-state index contributed by atoms with van der Waals surface area (Å²) in [4.78, 5) is 0. The van der Waals surface area contributed by atoms with Crippen molar-refractivity contribution in [2.24, 2.45) is 0 Å². The molecule has 0 unspecified atom stereocenters. The van der Waals surface area contributed by atoms with Crippen LogP contribution in [-0.4, -0.2) is 26.3 Å². The molecule has 0 aliphatic carbocycles. The minimum Gasteiger partial charge on any atom is -0.212 e. The molecule has 0 N–H and O–H groups in total. The number of hydrogen-bond acceptors (Lipinski definition) is 3. The molecule has 0 heterocycles. The first-order chi connectivity index (χ1) is 8.76. The summed E-state index contributed by atoms with van der Waals surface area (Å²) >= 11 is 5.67. The molecular weight excluding hydrogens is 298 g/mol. The Bertz CT molecular complexity index is 599. The molecule has 0 fully saturated rings. The molecule has 19 heavy (non-hydrogen) atoms. The minimum atomic E-state index is -3.73. The lowest BCUT2D eigenvalue weighted by atomic mass is 10.1. The van der Waals surface area contributed by atoms with Crippen LogP contribution >= 0.6 is 11.6 Å². The summed E-state index contributed by atoms with van der Waals surface area (Å²) in [6.45, 7) is -0.301. The van der Waals surface area contributed by atoms with Crippen molar-refractivity contribution in [3.05, 3.63) is 34.3 Å². The van der Waals surface area contributed by atoms with Gasteiger partial charge >= 0.3 is 0 Å². The second-order valence-corrected chi connectivity index (χ2v) is 6.38. The number of rotatable bonds is 5. The van der Waals surface area contributed by atoms with Gasteiger partial charge < -0.3 is 0 Å². The van der Waals surface area contributed by atoms with E-state index >= 15 is 0 Å². The number of sulfonamides is 1. The van der Waals surface area contributed by atoms with Crippen LogP contribution in [-0.2, 0) is 15.8 Å². The molecule has 0 aliphatic heterocycles. The van der Waals surface area contributed by atoms with E-state index in [2.05, 4.69) is 0 Å². The smallest absolute Gasteiger partial charge is 0.212 e. The first kappa shape index (κ1) is 15.8. The van der Waals surface area contributed by atoms with E-state index in [1.807, 2.05) is 0 Å². The highest BCUT2D eigenvalue weighted by molar-refractivity contribution is 7.88. The molecule has 0 atom stereocenters. The molecule has 0 radical (unpaired) electrons. The van der Waals surface area contributed by atoms with Gasteiger partial charge in [0.1, 0.15) is 6.54 Å². The Balaban J connectivity index is 3.03. The quantitative estimate of drug-likeness (QED) is 0.785. The number of nitrogens with zero attached hydrogens (tertiary/aromatic N) is 2. The zero-order chi connectivity index (χ0) is 14.6. The molecule has 0 spiro atoms. The van der Waals surface area contributed by atoms with Crippen molar-refractivity contribution in [1.29, 1.82) is 5.26 Å². The van der Waals surface area contributed by atoms with Crippen molar-refractivity contribution < 1.29 is 17.2 Å².